The van der Waals surface area contributed by atoms with Gasteiger partial charge in [0.15, 0.2) is 0 Å². The van der Waals surface area contributed by atoms with Crippen LogP contribution < -0.4 is 5.32 Å². The molecule has 1 aliphatic rings. The SMILES string of the molecule is COC(=O)CCNCC1Cc2ccccc2S1. The minimum atomic E-state index is -0.153. The first kappa shape index (κ1) is 12.5. The van der Waals surface area contributed by atoms with Crippen LogP contribution in [0.5, 0.6) is 0 Å². The van der Waals surface area contributed by atoms with E-state index in [0.29, 0.717) is 18.2 Å². The maximum Gasteiger partial charge on any atom is 0.306 e. The second kappa shape index (κ2) is 6.07. The molecular formula is C13H17NO2S. The molecular weight excluding hydrogens is 234 g/mol. The zero-order valence-electron chi connectivity index (χ0n) is 9.94. The number of carbonyl (C=O) groups is 1. The van der Waals surface area contributed by atoms with Gasteiger partial charge in [0.2, 0.25) is 0 Å². The van der Waals surface area contributed by atoms with E-state index in [0.717, 1.165) is 13.0 Å². The van der Waals surface area contributed by atoms with Crippen molar-refractivity contribution in [3.63, 3.8) is 0 Å². The van der Waals surface area contributed by atoms with Gasteiger partial charge in [0.25, 0.3) is 0 Å². The van der Waals surface area contributed by atoms with Crippen molar-refractivity contribution in [2.75, 3.05) is 20.2 Å². The lowest BCUT2D eigenvalue weighted by Gasteiger charge is -2.09. The van der Waals surface area contributed by atoms with Gasteiger partial charge >= 0.3 is 5.97 Å². The lowest BCUT2D eigenvalue weighted by Crippen LogP contribution is -2.26. The molecule has 0 fully saturated rings. The van der Waals surface area contributed by atoms with Crippen LogP contribution in [0.3, 0.4) is 0 Å². The van der Waals surface area contributed by atoms with Crippen molar-refractivity contribution in [1.29, 1.82) is 0 Å². The summed E-state index contributed by atoms with van der Waals surface area (Å²) in [5.41, 5.74) is 1.44. The molecule has 1 heterocycles. The van der Waals surface area contributed by atoms with Gasteiger partial charge in [-0.1, -0.05) is 18.2 Å². The van der Waals surface area contributed by atoms with Gasteiger partial charge < -0.3 is 10.1 Å². The first-order chi connectivity index (χ1) is 8.29. The van der Waals surface area contributed by atoms with E-state index in [-0.39, 0.29) is 5.97 Å². The molecule has 0 saturated heterocycles. The summed E-state index contributed by atoms with van der Waals surface area (Å²) in [7, 11) is 1.42. The van der Waals surface area contributed by atoms with E-state index in [2.05, 4.69) is 34.3 Å². The van der Waals surface area contributed by atoms with Crippen LogP contribution in [0, 0.1) is 0 Å². The van der Waals surface area contributed by atoms with Gasteiger partial charge in [0, 0.05) is 23.2 Å². The summed E-state index contributed by atoms with van der Waals surface area (Å²) in [4.78, 5) is 12.3. The van der Waals surface area contributed by atoms with Crippen LogP contribution in [0.4, 0.5) is 0 Å². The second-order valence-electron chi connectivity index (χ2n) is 4.08. The number of thioether (sulfide) groups is 1. The van der Waals surface area contributed by atoms with Crippen molar-refractivity contribution in [2.45, 2.75) is 23.0 Å². The van der Waals surface area contributed by atoms with E-state index in [4.69, 9.17) is 0 Å². The van der Waals surface area contributed by atoms with Crippen LogP contribution in [0.2, 0.25) is 0 Å². The zero-order chi connectivity index (χ0) is 12.1. The predicted octanol–water partition coefficient (Wildman–Crippen LogP) is 1.86. The van der Waals surface area contributed by atoms with Crippen molar-refractivity contribution in [3.05, 3.63) is 29.8 Å². The van der Waals surface area contributed by atoms with E-state index < -0.39 is 0 Å². The summed E-state index contributed by atoms with van der Waals surface area (Å²) in [6.07, 6.45) is 1.56. The molecule has 1 aliphatic heterocycles. The highest BCUT2D eigenvalue weighted by Crippen LogP contribution is 2.36. The van der Waals surface area contributed by atoms with Crippen LogP contribution >= 0.6 is 11.8 Å². The molecule has 1 aromatic carbocycles. The Labute approximate surface area is 106 Å². The summed E-state index contributed by atoms with van der Waals surface area (Å²) < 4.78 is 4.59. The third kappa shape index (κ3) is 3.48. The largest absolute Gasteiger partial charge is 0.469 e. The van der Waals surface area contributed by atoms with Crippen molar-refractivity contribution < 1.29 is 9.53 Å². The number of ether oxygens (including phenoxy) is 1. The van der Waals surface area contributed by atoms with Crippen molar-refractivity contribution in [2.24, 2.45) is 0 Å². The Morgan fingerprint density at radius 1 is 1.53 bits per heavy atom. The number of nitrogens with one attached hydrogen (secondary N) is 1. The number of rotatable bonds is 5. The van der Waals surface area contributed by atoms with E-state index in [1.54, 1.807) is 0 Å². The maximum atomic E-state index is 10.9. The van der Waals surface area contributed by atoms with Crippen molar-refractivity contribution >= 4 is 17.7 Å². The van der Waals surface area contributed by atoms with E-state index in [1.807, 2.05) is 11.8 Å². The molecule has 1 N–H and O–H groups in total. The number of carbonyl (C=O) groups excluding carboxylic acids is 1. The van der Waals surface area contributed by atoms with Gasteiger partial charge in [-0.15, -0.1) is 11.8 Å². The van der Waals surface area contributed by atoms with Gasteiger partial charge in [-0.3, -0.25) is 4.79 Å². The summed E-state index contributed by atoms with van der Waals surface area (Å²) in [6.45, 7) is 1.64. The smallest absolute Gasteiger partial charge is 0.306 e. The van der Waals surface area contributed by atoms with Crippen molar-refractivity contribution in [3.8, 4) is 0 Å². The number of esters is 1. The molecule has 0 saturated carbocycles. The zero-order valence-corrected chi connectivity index (χ0v) is 10.8. The number of hydrogen-bond acceptors (Lipinski definition) is 4. The van der Waals surface area contributed by atoms with Gasteiger partial charge in [-0.05, 0) is 18.1 Å². The van der Waals surface area contributed by atoms with E-state index in [9.17, 15) is 4.79 Å². The highest BCUT2D eigenvalue weighted by molar-refractivity contribution is 8.00. The summed E-state index contributed by atoms with van der Waals surface area (Å²) >= 11 is 1.92. The first-order valence-corrected chi connectivity index (χ1v) is 6.69. The molecule has 17 heavy (non-hydrogen) atoms. The monoisotopic (exact) mass is 251 g/mol. The molecule has 0 aliphatic carbocycles. The second-order valence-corrected chi connectivity index (χ2v) is 5.42. The molecule has 3 nitrogen and oxygen atoms in total. The number of hydrogen-bond donors (Lipinski definition) is 1. The van der Waals surface area contributed by atoms with Crippen LogP contribution in [0.15, 0.2) is 29.2 Å². The molecule has 1 unspecified atom stereocenters. The molecule has 1 atom stereocenters. The Balaban J connectivity index is 1.68. The minimum Gasteiger partial charge on any atom is -0.469 e. The van der Waals surface area contributed by atoms with Crippen LogP contribution in [0.25, 0.3) is 0 Å². The number of fused-ring (bicyclic) bond motifs is 1. The Morgan fingerprint density at radius 3 is 3.12 bits per heavy atom. The summed E-state index contributed by atoms with van der Waals surface area (Å²) in [5, 5.41) is 3.89. The molecule has 0 amide bonds. The minimum absolute atomic E-state index is 0.153. The average molecular weight is 251 g/mol. The fourth-order valence-electron chi connectivity index (χ4n) is 1.92. The predicted molar refractivity (Wildman–Crippen MR) is 69.3 cm³/mol. The lowest BCUT2D eigenvalue weighted by atomic mass is 10.1. The summed E-state index contributed by atoms with van der Waals surface area (Å²) in [5.74, 6) is -0.153. The van der Waals surface area contributed by atoms with Gasteiger partial charge in [-0.25, -0.2) is 0 Å². The average Bonchev–Trinajstić information content (AvgIpc) is 2.76. The Hall–Kier alpha value is -1.00. The van der Waals surface area contributed by atoms with Crippen molar-refractivity contribution in [1.82, 2.24) is 5.32 Å². The summed E-state index contributed by atoms with van der Waals surface area (Å²) in [6, 6.07) is 8.54. The standard InChI is InChI=1S/C13H17NO2S/c1-16-13(15)6-7-14-9-11-8-10-4-2-3-5-12(10)17-11/h2-5,11,14H,6-9H2,1H3. The molecule has 0 aromatic heterocycles. The van der Waals surface area contributed by atoms with Gasteiger partial charge in [-0.2, -0.15) is 0 Å². The number of benzene rings is 1. The third-order valence-corrected chi connectivity index (χ3v) is 4.14. The van der Waals surface area contributed by atoms with Crippen LogP contribution in [-0.2, 0) is 16.0 Å². The Bertz CT molecular complexity index is 370. The quantitative estimate of drug-likeness (QED) is 0.640. The fourth-order valence-corrected chi connectivity index (χ4v) is 3.21. The molecule has 0 radical (unpaired) electrons. The van der Waals surface area contributed by atoms with Crippen LogP contribution in [-0.4, -0.2) is 31.4 Å². The third-order valence-electron chi connectivity index (χ3n) is 2.82. The van der Waals surface area contributed by atoms with Gasteiger partial charge in [0.1, 0.15) is 0 Å². The van der Waals surface area contributed by atoms with E-state index >= 15 is 0 Å². The Kier molecular flexibility index (Phi) is 4.45. The molecule has 1 aromatic rings. The van der Waals surface area contributed by atoms with E-state index in [1.165, 1.54) is 17.6 Å². The first-order valence-electron chi connectivity index (χ1n) is 5.81. The highest BCUT2D eigenvalue weighted by Gasteiger charge is 2.20. The molecule has 2 rings (SSSR count). The fraction of sp³-hybridized carbons (Fsp3) is 0.462. The highest BCUT2D eigenvalue weighted by atomic mass is 32.2. The normalized spacial score (nSPS) is 17.8. The molecule has 4 heteroatoms. The molecule has 0 spiro atoms. The van der Waals surface area contributed by atoms with Crippen LogP contribution in [0.1, 0.15) is 12.0 Å². The molecule has 92 valence electrons. The van der Waals surface area contributed by atoms with Gasteiger partial charge in [0.05, 0.1) is 13.5 Å². The maximum absolute atomic E-state index is 10.9. The lowest BCUT2D eigenvalue weighted by molar-refractivity contribution is -0.140. The number of methoxy groups -OCH3 is 1. The Morgan fingerprint density at radius 2 is 2.35 bits per heavy atom. The topological polar surface area (TPSA) is 38.3 Å². The molecule has 0 bridgehead atoms.